The van der Waals surface area contributed by atoms with Gasteiger partial charge in [-0.05, 0) is 31.0 Å². The normalized spacial score (nSPS) is 17.5. The zero-order chi connectivity index (χ0) is 17.2. The number of amides is 1. The Balaban J connectivity index is 1.35. The first-order valence-corrected chi connectivity index (χ1v) is 8.95. The van der Waals surface area contributed by atoms with Crippen LogP contribution in [0.1, 0.15) is 23.3 Å². The average molecular weight is 358 g/mol. The van der Waals surface area contributed by atoms with Crippen molar-refractivity contribution >= 4 is 29.0 Å². The van der Waals surface area contributed by atoms with Crippen LogP contribution >= 0.6 is 11.6 Å². The Hall–Kier alpha value is -2.34. The van der Waals surface area contributed by atoms with Crippen LogP contribution in [0.15, 0.2) is 36.7 Å². The molecule has 1 aliphatic heterocycles. The largest absolute Gasteiger partial charge is 0.368 e. The molecule has 2 aromatic rings. The monoisotopic (exact) mass is 357 g/mol. The lowest BCUT2D eigenvalue weighted by Gasteiger charge is -2.36. The molecular weight excluding hydrogens is 338 g/mol. The topological polar surface area (TPSA) is 61.4 Å². The summed E-state index contributed by atoms with van der Waals surface area (Å²) in [6.45, 7) is 2.88. The molecule has 1 saturated heterocycles. The molecule has 2 fully saturated rings. The van der Waals surface area contributed by atoms with E-state index < -0.39 is 0 Å². The second-order valence-corrected chi connectivity index (χ2v) is 6.90. The van der Waals surface area contributed by atoms with E-state index in [-0.39, 0.29) is 5.91 Å². The maximum atomic E-state index is 12.6. The lowest BCUT2D eigenvalue weighted by molar-refractivity contribution is 0.0740. The number of rotatable bonds is 4. The third-order valence-electron chi connectivity index (χ3n) is 4.54. The van der Waals surface area contributed by atoms with E-state index in [0.29, 0.717) is 24.8 Å². The Bertz CT molecular complexity index is 754. The zero-order valence-electron chi connectivity index (χ0n) is 13.9. The lowest BCUT2D eigenvalue weighted by Crippen LogP contribution is -2.49. The fourth-order valence-electron chi connectivity index (χ4n) is 2.95. The SMILES string of the molecule is O=C(c1cnc(NC2CC2)cn1)N1CCN(c2cccc(Cl)c2)CC1. The number of anilines is 2. The number of carbonyl (C=O) groups is 1. The first-order chi connectivity index (χ1) is 12.2. The molecule has 7 heteroatoms. The molecule has 6 nitrogen and oxygen atoms in total. The van der Waals surface area contributed by atoms with Crippen molar-refractivity contribution in [1.82, 2.24) is 14.9 Å². The maximum absolute atomic E-state index is 12.6. The molecule has 0 radical (unpaired) electrons. The molecule has 1 aromatic heterocycles. The van der Waals surface area contributed by atoms with Crippen LogP contribution in [-0.4, -0.2) is 53.0 Å². The van der Waals surface area contributed by atoms with Crippen LogP contribution in [0.4, 0.5) is 11.5 Å². The van der Waals surface area contributed by atoms with Gasteiger partial charge in [-0.3, -0.25) is 4.79 Å². The molecular formula is C18H20ClN5O. The van der Waals surface area contributed by atoms with Crippen molar-refractivity contribution in [2.75, 3.05) is 36.4 Å². The number of piperazine rings is 1. The molecule has 1 amide bonds. The average Bonchev–Trinajstić information content (AvgIpc) is 3.46. The van der Waals surface area contributed by atoms with Crippen molar-refractivity contribution in [1.29, 1.82) is 0 Å². The molecule has 1 aromatic carbocycles. The predicted octanol–water partition coefficient (Wildman–Crippen LogP) is 2.67. The van der Waals surface area contributed by atoms with Crippen molar-refractivity contribution in [3.63, 3.8) is 0 Å². The van der Waals surface area contributed by atoms with E-state index in [1.807, 2.05) is 29.2 Å². The molecule has 1 aliphatic carbocycles. The number of carbonyl (C=O) groups excluding carboxylic acids is 1. The third-order valence-corrected chi connectivity index (χ3v) is 4.78. The highest BCUT2D eigenvalue weighted by Crippen LogP contribution is 2.23. The van der Waals surface area contributed by atoms with Gasteiger partial charge < -0.3 is 15.1 Å². The van der Waals surface area contributed by atoms with Gasteiger partial charge in [-0.1, -0.05) is 17.7 Å². The van der Waals surface area contributed by atoms with Crippen LogP contribution in [0.5, 0.6) is 0 Å². The molecule has 0 unspecified atom stereocenters. The second kappa shape index (κ2) is 6.88. The van der Waals surface area contributed by atoms with Gasteiger partial charge >= 0.3 is 0 Å². The van der Waals surface area contributed by atoms with E-state index in [4.69, 9.17) is 11.6 Å². The minimum Gasteiger partial charge on any atom is -0.368 e. The van der Waals surface area contributed by atoms with Gasteiger partial charge in [0.15, 0.2) is 0 Å². The molecule has 1 N–H and O–H groups in total. The maximum Gasteiger partial charge on any atom is 0.274 e. The number of nitrogens with one attached hydrogen (secondary N) is 1. The summed E-state index contributed by atoms with van der Waals surface area (Å²) in [5.41, 5.74) is 1.49. The van der Waals surface area contributed by atoms with Crippen molar-refractivity contribution in [3.05, 3.63) is 47.4 Å². The summed E-state index contributed by atoms with van der Waals surface area (Å²) in [7, 11) is 0. The van der Waals surface area contributed by atoms with Crippen molar-refractivity contribution < 1.29 is 4.79 Å². The Morgan fingerprint density at radius 1 is 1.12 bits per heavy atom. The van der Waals surface area contributed by atoms with E-state index in [1.165, 1.54) is 12.8 Å². The van der Waals surface area contributed by atoms with Gasteiger partial charge in [0.1, 0.15) is 11.5 Å². The Kier molecular flexibility index (Phi) is 4.44. The summed E-state index contributed by atoms with van der Waals surface area (Å²) in [6, 6.07) is 8.33. The van der Waals surface area contributed by atoms with Crippen LogP contribution in [0.25, 0.3) is 0 Å². The third kappa shape index (κ3) is 3.85. The molecule has 0 bridgehead atoms. The first kappa shape index (κ1) is 16.1. The van der Waals surface area contributed by atoms with Crippen molar-refractivity contribution in [2.24, 2.45) is 0 Å². The highest BCUT2D eigenvalue weighted by Gasteiger charge is 2.24. The van der Waals surface area contributed by atoms with Crippen LogP contribution in [0.3, 0.4) is 0 Å². The summed E-state index contributed by atoms with van der Waals surface area (Å²) in [6.07, 6.45) is 5.57. The molecule has 130 valence electrons. The summed E-state index contributed by atoms with van der Waals surface area (Å²) in [5, 5.41) is 4.00. The van der Waals surface area contributed by atoms with Gasteiger partial charge in [0, 0.05) is 42.9 Å². The minimum atomic E-state index is -0.0591. The highest BCUT2D eigenvalue weighted by molar-refractivity contribution is 6.30. The number of hydrogen-bond acceptors (Lipinski definition) is 5. The molecule has 2 aliphatic rings. The van der Waals surface area contributed by atoms with Crippen molar-refractivity contribution in [3.8, 4) is 0 Å². The van der Waals surface area contributed by atoms with Crippen LogP contribution < -0.4 is 10.2 Å². The lowest BCUT2D eigenvalue weighted by atomic mass is 10.2. The standard InChI is InChI=1S/C18H20ClN5O/c19-13-2-1-3-15(10-13)23-6-8-24(9-7-23)18(25)16-11-21-17(12-20-16)22-14-4-5-14/h1-3,10-12,14H,4-9H2,(H,21,22). The molecule has 1 saturated carbocycles. The van der Waals surface area contributed by atoms with E-state index in [1.54, 1.807) is 12.4 Å². The fraction of sp³-hybridized carbons (Fsp3) is 0.389. The summed E-state index contributed by atoms with van der Waals surface area (Å²) in [5.74, 6) is 0.682. The van der Waals surface area contributed by atoms with Gasteiger partial charge in [-0.2, -0.15) is 0 Å². The molecule has 4 rings (SSSR count). The van der Waals surface area contributed by atoms with Gasteiger partial charge in [-0.25, -0.2) is 9.97 Å². The summed E-state index contributed by atoms with van der Waals surface area (Å²) < 4.78 is 0. The molecule has 25 heavy (non-hydrogen) atoms. The number of hydrogen-bond donors (Lipinski definition) is 1. The van der Waals surface area contributed by atoms with E-state index in [9.17, 15) is 4.79 Å². The zero-order valence-corrected chi connectivity index (χ0v) is 14.6. The summed E-state index contributed by atoms with van der Waals surface area (Å²) >= 11 is 6.06. The smallest absolute Gasteiger partial charge is 0.274 e. The number of aromatic nitrogens is 2. The second-order valence-electron chi connectivity index (χ2n) is 6.46. The van der Waals surface area contributed by atoms with Gasteiger partial charge in [0.2, 0.25) is 0 Å². The highest BCUT2D eigenvalue weighted by atomic mass is 35.5. The van der Waals surface area contributed by atoms with Crippen molar-refractivity contribution in [2.45, 2.75) is 18.9 Å². The Morgan fingerprint density at radius 2 is 1.92 bits per heavy atom. The summed E-state index contributed by atoms with van der Waals surface area (Å²) in [4.78, 5) is 25.3. The fourth-order valence-corrected chi connectivity index (χ4v) is 3.14. The van der Waals surface area contributed by atoms with Gasteiger partial charge in [-0.15, -0.1) is 0 Å². The van der Waals surface area contributed by atoms with Crippen LogP contribution in [0, 0.1) is 0 Å². The molecule has 0 spiro atoms. The Labute approximate surface area is 151 Å². The predicted molar refractivity (Wildman–Crippen MR) is 98.2 cm³/mol. The number of nitrogens with zero attached hydrogens (tertiary/aromatic N) is 4. The molecule has 0 atom stereocenters. The number of benzene rings is 1. The molecule has 2 heterocycles. The van der Waals surface area contributed by atoms with Gasteiger partial charge in [0.05, 0.1) is 12.4 Å². The van der Waals surface area contributed by atoms with Crippen LogP contribution in [-0.2, 0) is 0 Å². The first-order valence-electron chi connectivity index (χ1n) is 8.57. The minimum absolute atomic E-state index is 0.0591. The van der Waals surface area contributed by atoms with E-state index >= 15 is 0 Å². The van der Waals surface area contributed by atoms with E-state index in [0.717, 1.165) is 29.6 Å². The number of halogens is 1. The van der Waals surface area contributed by atoms with Crippen LogP contribution in [0.2, 0.25) is 5.02 Å². The Morgan fingerprint density at radius 3 is 2.56 bits per heavy atom. The van der Waals surface area contributed by atoms with E-state index in [2.05, 4.69) is 20.2 Å². The quantitative estimate of drug-likeness (QED) is 0.911. The van der Waals surface area contributed by atoms with Gasteiger partial charge in [0.25, 0.3) is 5.91 Å².